The van der Waals surface area contributed by atoms with Crippen LogP contribution in [0.5, 0.6) is 0 Å². The highest BCUT2D eigenvalue weighted by Crippen LogP contribution is 2.14. The number of thioether (sulfide) groups is 1. The first kappa shape index (κ1) is 12.0. The van der Waals surface area contributed by atoms with Crippen LogP contribution in [0.1, 0.15) is 18.1 Å². The lowest BCUT2D eigenvalue weighted by Gasteiger charge is -2.09. The van der Waals surface area contributed by atoms with E-state index in [4.69, 9.17) is 0 Å². The van der Waals surface area contributed by atoms with Gasteiger partial charge in [-0.25, -0.2) is 0 Å². The van der Waals surface area contributed by atoms with Crippen molar-refractivity contribution in [2.24, 2.45) is 0 Å². The largest absolute Gasteiger partial charge is 0.387 e. The third-order valence-electron chi connectivity index (χ3n) is 1.97. The number of nitrogens with one attached hydrogen (secondary N) is 1. The lowest BCUT2D eigenvalue weighted by atomic mass is 10.2. The van der Waals surface area contributed by atoms with Crippen molar-refractivity contribution in [1.29, 1.82) is 0 Å². The van der Waals surface area contributed by atoms with Crippen molar-refractivity contribution in [3.63, 3.8) is 0 Å². The summed E-state index contributed by atoms with van der Waals surface area (Å²) in [6.07, 6.45) is 2.92. The maximum absolute atomic E-state index is 9.70. The predicted molar refractivity (Wildman–Crippen MR) is 65.1 cm³/mol. The van der Waals surface area contributed by atoms with Gasteiger partial charge in [0.2, 0.25) is 0 Å². The van der Waals surface area contributed by atoms with Gasteiger partial charge >= 0.3 is 0 Å². The van der Waals surface area contributed by atoms with Crippen LogP contribution in [0, 0.1) is 0 Å². The maximum atomic E-state index is 9.70. The minimum absolute atomic E-state index is 0.351. The van der Waals surface area contributed by atoms with E-state index in [2.05, 4.69) is 11.6 Å². The maximum Gasteiger partial charge on any atom is 0.0922 e. The molecule has 2 nitrogen and oxygen atoms in total. The monoisotopic (exact) mass is 231 g/mol. The topological polar surface area (TPSA) is 32.3 Å². The van der Waals surface area contributed by atoms with E-state index in [1.165, 1.54) is 5.75 Å². The molecule has 0 aliphatic heterocycles. The quantitative estimate of drug-likeness (QED) is 0.705. The van der Waals surface area contributed by atoms with Crippen LogP contribution in [0.4, 0.5) is 0 Å². The summed E-state index contributed by atoms with van der Waals surface area (Å²) in [6.45, 7) is 1.65. The fourth-order valence-corrected chi connectivity index (χ4v) is 2.30. The Morgan fingerprint density at radius 3 is 3.14 bits per heavy atom. The molecule has 0 aromatic carbocycles. The third-order valence-corrected chi connectivity index (χ3v) is 3.37. The Bertz CT molecular complexity index is 226. The Morgan fingerprint density at radius 2 is 2.50 bits per heavy atom. The van der Waals surface area contributed by atoms with Crippen molar-refractivity contribution in [3.05, 3.63) is 22.4 Å². The summed E-state index contributed by atoms with van der Waals surface area (Å²) in [5, 5.41) is 16.9. The zero-order valence-corrected chi connectivity index (χ0v) is 10.0. The Hall–Kier alpha value is -0.0300. The van der Waals surface area contributed by atoms with Gasteiger partial charge in [-0.3, -0.25) is 0 Å². The fraction of sp³-hybridized carbons (Fsp3) is 0.600. The number of rotatable bonds is 7. The van der Waals surface area contributed by atoms with Crippen LogP contribution in [-0.4, -0.2) is 30.2 Å². The molecule has 1 rings (SSSR count). The van der Waals surface area contributed by atoms with E-state index >= 15 is 0 Å². The second-order valence-corrected chi connectivity index (χ2v) is 4.89. The van der Waals surface area contributed by atoms with Crippen LogP contribution in [0.3, 0.4) is 0 Å². The van der Waals surface area contributed by atoms with Crippen molar-refractivity contribution >= 4 is 23.1 Å². The van der Waals surface area contributed by atoms with E-state index in [0.29, 0.717) is 6.54 Å². The van der Waals surface area contributed by atoms with Crippen LogP contribution in [0.2, 0.25) is 0 Å². The summed E-state index contributed by atoms with van der Waals surface area (Å²) in [5.41, 5.74) is 1.02. The molecule has 2 N–H and O–H groups in total. The Kier molecular flexibility index (Phi) is 6.27. The normalized spacial score (nSPS) is 13.0. The summed E-state index contributed by atoms with van der Waals surface area (Å²) >= 11 is 3.48. The molecule has 0 aliphatic carbocycles. The minimum Gasteiger partial charge on any atom is -0.387 e. The smallest absolute Gasteiger partial charge is 0.0922 e. The van der Waals surface area contributed by atoms with Crippen LogP contribution in [0.15, 0.2) is 16.8 Å². The van der Waals surface area contributed by atoms with Crippen LogP contribution < -0.4 is 5.32 Å². The molecule has 1 heterocycles. The van der Waals surface area contributed by atoms with E-state index in [9.17, 15) is 5.11 Å². The van der Waals surface area contributed by atoms with Crippen LogP contribution >= 0.6 is 23.1 Å². The van der Waals surface area contributed by atoms with Crippen molar-refractivity contribution in [2.45, 2.75) is 12.5 Å². The average Bonchev–Trinajstić information content (AvgIpc) is 2.70. The van der Waals surface area contributed by atoms with E-state index < -0.39 is 0 Å². The fourth-order valence-electron chi connectivity index (χ4n) is 1.16. The molecule has 1 unspecified atom stereocenters. The first-order valence-corrected chi connectivity index (χ1v) is 7.08. The second-order valence-electron chi connectivity index (χ2n) is 3.12. The van der Waals surface area contributed by atoms with Gasteiger partial charge in [0.25, 0.3) is 0 Å². The molecule has 80 valence electrons. The van der Waals surface area contributed by atoms with Crippen LogP contribution in [-0.2, 0) is 0 Å². The number of hydrogen-bond donors (Lipinski definition) is 2. The van der Waals surface area contributed by atoms with Crippen molar-refractivity contribution in [3.8, 4) is 0 Å². The number of aliphatic hydroxyl groups excluding tert-OH is 1. The zero-order chi connectivity index (χ0) is 10.2. The summed E-state index contributed by atoms with van der Waals surface area (Å²) in [5.74, 6) is 1.18. The van der Waals surface area contributed by atoms with Gasteiger partial charge in [0.05, 0.1) is 6.10 Å². The first-order chi connectivity index (χ1) is 6.84. The standard InChI is InChI=1S/C10H17NOS2/c1-13-5-2-4-11-7-10(12)9-3-6-14-8-9/h3,6,8,10-12H,2,4-5,7H2,1H3. The first-order valence-electron chi connectivity index (χ1n) is 4.74. The molecule has 1 aromatic heterocycles. The molecule has 0 amide bonds. The van der Waals surface area contributed by atoms with E-state index in [1.54, 1.807) is 11.3 Å². The second kappa shape index (κ2) is 7.29. The Balaban J connectivity index is 2.07. The molecular weight excluding hydrogens is 214 g/mol. The molecular formula is C10H17NOS2. The molecule has 14 heavy (non-hydrogen) atoms. The number of hydrogen-bond acceptors (Lipinski definition) is 4. The highest BCUT2D eigenvalue weighted by atomic mass is 32.2. The van der Waals surface area contributed by atoms with E-state index in [0.717, 1.165) is 18.5 Å². The predicted octanol–water partition coefficient (Wildman–Crippen LogP) is 2.12. The third kappa shape index (κ3) is 4.46. The van der Waals surface area contributed by atoms with Crippen molar-refractivity contribution < 1.29 is 5.11 Å². The van der Waals surface area contributed by atoms with Gasteiger partial charge in [-0.15, -0.1) is 0 Å². The van der Waals surface area contributed by atoms with Gasteiger partial charge in [-0.05, 0) is 47.4 Å². The molecule has 1 atom stereocenters. The van der Waals surface area contributed by atoms with Gasteiger partial charge in [-0.1, -0.05) is 0 Å². The summed E-state index contributed by atoms with van der Waals surface area (Å²) < 4.78 is 0. The minimum atomic E-state index is -0.351. The van der Waals surface area contributed by atoms with Gasteiger partial charge in [0, 0.05) is 6.54 Å². The molecule has 0 saturated heterocycles. The summed E-state index contributed by atoms with van der Waals surface area (Å²) in [6, 6.07) is 1.97. The van der Waals surface area contributed by atoms with Gasteiger partial charge in [0.1, 0.15) is 0 Å². The lowest BCUT2D eigenvalue weighted by molar-refractivity contribution is 0.175. The zero-order valence-electron chi connectivity index (χ0n) is 8.40. The molecule has 0 spiro atoms. The van der Waals surface area contributed by atoms with Gasteiger partial charge in [-0.2, -0.15) is 23.1 Å². The highest BCUT2D eigenvalue weighted by Gasteiger charge is 2.05. The lowest BCUT2D eigenvalue weighted by Crippen LogP contribution is -2.22. The van der Waals surface area contributed by atoms with Gasteiger partial charge < -0.3 is 10.4 Å². The van der Waals surface area contributed by atoms with Crippen molar-refractivity contribution in [2.75, 3.05) is 25.1 Å². The molecule has 0 bridgehead atoms. The van der Waals surface area contributed by atoms with E-state index in [1.807, 2.05) is 28.6 Å². The average molecular weight is 231 g/mol. The molecule has 4 heteroatoms. The molecule has 0 radical (unpaired) electrons. The SMILES string of the molecule is CSCCCNCC(O)c1ccsc1. The highest BCUT2D eigenvalue weighted by molar-refractivity contribution is 7.98. The van der Waals surface area contributed by atoms with Gasteiger partial charge in [0.15, 0.2) is 0 Å². The number of thiophene rings is 1. The van der Waals surface area contributed by atoms with Crippen molar-refractivity contribution in [1.82, 2.24) is 5.32 Å². The molecule has 1 aromatic rings. The van der Waals surface area contributed by atoms with Crippen LogP contribution in [0.25, 0.3) is 0 Å². The summed E-state index contributed by atoms with van der Waals surface area (Å²) in [4.78, 5) is 0. The molecule has 0 fully saturated rings. The molecule has 0 aliphatic rings. The Labute approximate surface area is 93.7 Å². The number of aliphatic hydroxyl groups is 1. The van der Waals surface area contributed by atoms with E-state index in [-0.39, 0.29) is 6.10 Å². The summed E-state index contributed by atoms with van der Waals surface area (Å²) in [7, 11) is 0. The Morgan fingerprint density at radius 1 is 1.64 bits per heavy atom. The molecule has 0 saturated carbocycles.